The first kappa shape index (κ1) is 10.8. The van der Waals surface area contributed by atoms with Crippen LogP contribution < -0.4 is 0 Å². The minimum absolute atomic E-state index is 0.281. The van der Waals surface area contributed by atoms with Crippen molar-refractivity contribution in [2.45, 2.75) is 39.2 Å². The minimum Gasteiger partial charge on any atom is -0.481 e. The molecule has 1 rings (SSSR count). The number of aromatic nitrogens is 2. The van der Waals surface area contributed by atoms with Crippen molar-refractivity contribution in [1.82, 2.24) is 9.55 Å². The average molecular weight is 196 g/mol. The topological polar surface area (TPSA) is 55.1 Å². The highest BCUT2D eigenvalue weighted by atomic mass is 16.4. The molecule has 0 saturated carbocycles. The fraction of sp³-hybridized carbons (Fsp3) is 0.600. The van der Waals surface area contributed by atoms with E-state index in [1.807, 2.05) is 13.1 Å². The van der Waals surface area contributed by atoms with Crippen LogP contribution in [0.4, 0.5) is 0 Å². The Balaban J connectivity index is 2.10. The maximum Gasteiger partial charge on any atom is 0.303 e. The van der Waals surface area contributed by atoms with Crippen LogP contribution in [-0.2, 0) is 11.3 Å². The summed E-state index contributed by atoms with van der Waals surface area (Å²) in [6, 6.07) is 0. The van der Waals surface area contributed by atoms with Gasteiger partial charge in [0.15, 0.2) is 0 Å². The van der Waals surface area contributed by atoms with Crippen LogP contribution >= 0.6 is 0 Å². The van der Waals surface area contributed by atoms with Gasteiger partial charge in [0, 0.05) is 25.4 Å². The van der Waals surface area contributed by atoms with E-state index in [2.05, 4.69) is 9.55 Å². The van der Waals surface area contributed by atoms with Gasteiger partial charge in [-0.3, -0.25) is 4.79 Å². The third-order valence-corrected chi connectivity index (χ3v) is 2.21. The van der Waals surface area contributed by atoms with E-state index in [1.54, 1.807) is 6.20 Å². The summed E-state index contributed by atoms with van der Waals surface area (Å²) in [5.74, 6) is 0.312. The monoisotopic (exact) mass is 196 g/mol. The van der Waals surface area contributed by atoms with E-state index in [-0.39, 0.29) is 6.42 Å². The Labute approximate surface area is 83.6 Å². The lowest BCUT2D eigenvalue weighted by Crippen LogP contribution is -2.00. The summed E-state index contributed by atoms with van der Waals surface area (Å²) < 4.78 is 2.08. The molecule has 0 spiro atoms. The van der Waals surface area contributed by atoms with Gasteiger partial charge in [-0.2, -0.15) is 0 Å². The van der Waals surface area contributed by atoms with Crippen LogP contribution in [0.1, 0.15) is 31.5 Å². The first-order chi connectivity index (χ1) is 6.70. The molecular formula is C10H16N2O2. The Hall–Kier alpha value is -1.32. The second kappa shape index (κ2) is 5.42. The van der Waals surface area contributed by atoms with Gasteiger partial charge in [0.1, 0.15) is 5.82 Å². The van der Waals surface area contributed by atoms with Gasteiger partial charge in [0.2, 0.25) is 0 Å². The third-order valence-electron chi connectivity index (χ3n) is 2.21. The number of imidazole rings is 1. The molecule has 0 amide bonds. The molecule has 0 radical (unpaired) electrons. The summed E-state index contributed by atoms with van der Waals surface area (Å²) in [6.45, 7) is 2.91. The maximum atomic E-state index is 10.2. The van der Waals surface area contributed by atoms with E-state index in [0.29, 0.717) is 0 Å². The smallest absolute Gasteiger partial charge is 0.303 e. The SMILES string of the molecule is Cc1nccn1CCCCCC(=O)O. The highest BCUT2D eigenvalue weighted by Gasteiger charge is 1.98. The average Bonchev–Trinajstić information content (AvgIpc) is 2.51. The first-order valence-electron chi connectivity index (χ1n) is 4.89. The van der Waals surface area contributed by atoms with Gasteiger partial charge in [-0.25, -0.2) is 4.98 Å². The van der Waals surface area contributed by atoms with Crippen molar-refractivity contribution in [3.63, 3.8) is 0 Å². The van der Waals surface area contributed by atoms with E-state index >= 15 is 0 Å². The number of hydrogen-bond donors (Lipinski definition) is 1. The Kier molecular flexibility index (Phi) is 4.16. The van der Waals surface area contributed by atoms with Gasteiger partial charge in [-0.05, 0) is 19.8 Å². The van der Waals surface area contributed by atoms with Crippen molar-refractivity contribution in [1.29, 1.82) is 0 Å². The van der Waals surface area contributed by atoms with Crippen LogP contribution in [0.25, 0.3) is 0 Å². The van der Waals surface area contributed by atoms with Crippen molar-refractivity contribution in [3.8, 4) is 0 Å². The highest BCUT2D eigenvalue weighted by Crippen LogP contribution is 2.04. The molecule has 0 atom stereocenters. The molecule has 1 N–H and O–H groups in total. The fourth-order valence-electron chi connectivity index (χ4n) is 1.38. The van der Waals surface area contributed by atoms with Gasteiger partial charge in [0.25, 0.3) is 0 Å². The molecule has 0 aliphatic rings. The largest absolute Gasteiger partial charge is 0.481 e. The zero-order valence-corrected chi connectivity index (χ0v) is 8.44. The molecule has 4 heteroatoms. The number of carbonyl (C=O) groups is 1. The van der Waals surface area contributed by atoms with Gasteiger partial charge in [0.05, 0.1) is 0 Å². The van der Waals surface area contributed by atoms with Crippen LogP contribution in [0.15, 0.2) is 12.4 Å². The normalized spacial score (nSPS) is 10.4. The molecule has 1 heterocycles. The summed E-state index contributed by atoms with van der Waals surface area (Å²) in [5, 5.41) is 8.43. The van der Waals surface area contributed by atoms with Crippen molar-refractivity contribution in [2.75, 3.05) is 0 Å². The Morgan fingerprint density at radius 3 is 2.86 bits per heavy atom. The summed E-state index contributed by atoms with van der Waals surface area (Å²) >= 11 is 0. The summed E-state index contributed by atoms with van der Waals surface area (Å²) in [4.78, 5) is 14.3. The predicted molar refractivity (Wildman–Crippen MR) is 53.1 cm³/mol. The van der Waals surface area contributed by atoms with E-state index in [0.717, 1.165) is 31.6 Å². The number of aryl methyl sites for hydroxylation is 2. The summed E-state index contributed by atoms with van der Waals surface area (Å²) in [5.41, 5.74) is 0. The lowest BCUT2D eigenvalue weighted by molar-refractivity contribution is -0.137. The highest BCUT2D eigenvalue weighted by molar-refractivity contribution is 5.66. The molecule has 0 saturated heterocycles. The lowest BCUT2D eigenvalue weighted by atomic mass is 10.2. The number of nitrogens with zero attached hydrogens (tertiary/aromatic N) is 2. The van der Waals surface area contributed by atoms with Crippen LogP contribution in [0.2, 0.25) is 0 Å². The quantitative estimate of drug-likeness (QED) is 0.706. The van der Waals surface area contributed by atoms with Crippen LogP contribution in [-0.4, -0.2) is 20.6 Å². The lowest BCUT2D eigenvalue weighted by Gasteiger charge is -2.03. The molecule has 14 heavy (non-hydrogen) atoms. The molecule has 0 aromatic carbocycles. The molecule has 0 bridgehead atoms. The molecule has 4 nitrogen and oxygen atoms in total. The number of carboxylic acids is 1. The van der Waals surface area contributed by atoms with Gasteiger partial charge < -0.3 is 9.67 Å². The Morgan fingerprint density at radius 1 is 1.50 bits per heavy atom. The number of carboxylic acid groups (broad SMARTS) is 1. The summed E-state index contributed by atoms with van der Waals surface area (Å²) in [7, 11) is 0. The Morgan fingerprint density at radius 2 is 2.29 bits per heavy atom. The zero-order chi connectivity index (χ0) is 10.4. The molecule has 1 aromatic rings. The second-order valence-corrected chi connectivity index (χ2v) is 3.37. The van der Waals surface area contributed by atoms with Gasteiger partial charge in [-0.1, -0.05) is 6.42 Å². The Bertz CT molecular complexity index is 294. The maximum absolute atomic E-state index is 10.2. The fourth-order valence-corrected chi connectivity index (χ4v) is 1.38. The van der Waals surface area contributed by atoms with Crippen LogP contribution in [0.3, 0.4) is 0 Å². The van der Waals surface area contributed by atoms with E-state index in [9.17, 15) is 4.79 Å². The molecule has 1 aromatic heterocycles. The van der Waals surface area contributed by atoms with Crippen molar-refractivity contribution < 1.29 is 9.90 Å². The second-order valence-electron chi connectivity index (χ2n) is 3.37. The van der Waals surface area contributed by atoms with Crippen molar-refractivity contribution in [2.24, 2.45) is 0 Å². The summed E-state index contributed by atoms with van der Waals surface area (Å²) in [6.07, 6.45) is 6.76. The molecule has 0 fully saturated rings. The van der Waals surface area contributed by atoms with E-state index in [4.69, 9.17) is 5.11 Å². The van der Waals surface area contributed by atoms with Gasteiger partial charge in [-0.15, -0.1) is 0 Å². The minimum atomic E-state index is -0.705. The van der Waals surface area contributed by atoms with E-state index < -0.39 is 5.97 Å². The zero-order valence-electron chi connectivity index (χ0n) is 8.44. The van der Waals surface area contributed by atoms with Crippen molar-refractivity contribution >= 4 is 5.97 Å². The molecule has 0 aliphatic carbocycles. The van der Waals surface area contributed by atoms with E-state index in [1.165, 1.54) is 0 Å². The standard InChI is InChI=1S/C10H16N2O2/c1-9-11-6-8-12(9)7-4-2-3-5-10(13)14/h6,8H,2-5,7H2,1H3,(H,13,14). The number of unbranched alkanes of at least 4 members (excludes halogenated alkanes) is 2. The first-order valence-corrected chi connectivity index (χ1v) is 4.89. The third kappa shape index (κ3) is 3.60. The molecular weight excluding hydrogens is 180 g/mol. The number of aliphatic carboxylic acids is 1. The van der Waals surface area contributed by atoms with Crippen LogP contribution in [0.5, 0.6) is 0 Å². The number of rotatable bonds is 6. The molecule has 78 valence electrons. The number of hydrogen-bond acceptors (Lipinski definition) is 2. The van der Waals surface area contributed by atoms with Crippen molar-refractivity contribution in [3.05, 3.63) is 18.2 Å². The molecule has 0 unspecified atom stereocenters. The van der Waals surface area contributed by atoms with Crippen LogP contribution in [0, 0.1) is 6.92 Å². The van der Waals surface area contributed by atoms with Gasteiger partial charge >= 0.3 is 5.97 Å². The molecule has 0 aliphatic heterocycles. The predicted octanol–water partition coefficient (Wildman–Crippen LogP) is 1.84.